The van der Waals surface area contributed by atoms with Crippen molar-refractivity contribution in [2.45, 2.75) is 48.5 Å². The Morgan fingerprint density at radius 3 is 1.57 bits per heavy atom. The first kappa shape index (κ1) is 32.8. The fourth-order valence-corrected chi connectivity index (χ4v) is 7.79. The van der Waals surface area contributed by atoms with E-state index in [0.717, 1.165) is 33.4 Å². The molecule has 0 heterocycles. The Balaban J connectivity index is 0.000000231. The summed E-state index contributed by atoms with van der Waals surface area (Å²) >= 11 is 0. The van der Waals surface area contributed by atoms with Crippen LogP contribution in [0.5, 0.6) is 0 Å². The summed E-state index contributed by atoms with van der Waals surface area (Å²) in [7, 11) is -5.76. The molecule has 0 radical (unpaired) electrons. The summed E-state index contributed by atoms with van der Waals surface area (Å²) < 4.78 is 35.9. The molecule has 218 valence electrons. The molecule has 42 heavy (non-hydrogen) atoms. The topological polar surface area (TPSA) is 86.7 Å². The van der Waals surface area contributed by atoms with Crippen LogP contribution in [-0.4, -0.2) is 18.1 Å². The van der Waals surface area contributed by atoms with E-state index in [0.29, 0.717) is 21.7 Å². The van der Waals surface area contributed by atoms with Crippen LogP contribution in [0.2, 0.25) is 0 Å². The number of hydrogen-bond donors (Lipinski definition) is 0. The van der Waals surface area contributed by atoms with Gasteiger partial charge < -0.3 is 4.52 Å². The lowest BCUT2D eigenvalue weighted by molar-refractivity contribution is 0.0750. The van der Waals surface area contributed by atoms with Crippen LogP contribution < -0.4 is 10.6 Å². The van der Waals surface area contributed by atoms with Crippen LogP contribution >= 0.6 is 15.4 Å². The normalized spacial score (nSPS) is 12.4. The largest absolute Gasteiger partial charge is 0.600 e. The summed E-state index contributed by atoms with van der Waals surface area (Å²) in [6.45, 7) is 13.4. The zero-order chi connectivity index (χ0) is 31.0. The predicted octanol–water partition coefficient (Wildman–Crippen LogP) is 8.23. The number of rotatable bonds is 8. The van der Waals surface area contributed by atoms with E-state index in [-0.39, 0.29) is 6.61 Å². The van der Waals surface area contributed by atoms with Gasteiger partial charge in [-0.15, -0.1) is 0 Å². The van der Waals surface area contributed by atoms with Crippen molar-refractivity contribution in [3.05, 3.63) is 129 Å². The maximum Gasteiger partial charge on any atom is 0.600 e. The van der Waals surface area contributed by atoms with E-state index in [4.69, 9.17) is 9.05 Å². The van der Waals surface area contributed by atoms with E-state index in [9.17, 15) is 18.7 Å². The van der Waals surface area contributed by atoms with Crippen molar-refractivity contribution in [2.75, 3.05) is 6.61 Å². The monoisotopic (exact) mass is 603 g/mol. The van der Waals surface area contributed by atoms with Gasteiger partial charge in [-0.25, -0.2) is 9.32 Å². The van der Waals surface area contributed by atoms with Crippen LogP contribution in [0.25, 0.3) is 0 Å². The quantitative estimate of drug-likeness (QED) is 0.189. The fourth-order valence-electron chi connectivity index (χ4n) is 4.95. The average Bonchev–Trinajstić information content (AvgIpc) is 2.93. The first-order valence-electron chi connectivity index (χ1n) is 13.6. The molecule has 0 N–H and O–H groups in total. The molecule has 0 fully saturated rings. The first-order chi connectivity index (χ1) is 19.9. The average molecular weight is 604 g/mol. The highest BCUT2D eigenvalue weighted by Gasteiger charge is 2.37. The molecule has 0 aliphatic rings. The molecule has 0 saturated carbocycles. The van der Waals surface area contributed by atoms with Gasteiger partial charge in [-0.3, -0.25) is 9.36 Å². The van der Waals surface area contributed by atoms with Crippen LogP contribution in [0.4, 0.5) is 0 Å². The molecule has 2 unspecified atom stereocenters. The van der Waals surface area contributed by atoms with Crippen molar-refractivity contribution in [1.29, 1.82) is 0 Å². The van der Waals surface area contributed by atoms with Crippen molar-refractivity contribution in [3.8, 4) is 0 Å². The lowest BCUT2D eigenvalue weighted by Gasteiger charge is -2.19. The third kappa shape index (κ3) is 7.77. The lowest BCUT2D eigenvalue weighted by Crippen LogP contribution is -2.17. The summed E-state index contributed by atoms with van der Waals surface area (Å²) in [5, 5.41) is 0.958. The van der Waals surface area contributed by atoms with Crippen molar-refractivity contribution in [3.63, 3.8) is 0 Å². The Hall–Kier alpha value is -3.69. The van der Waals surface area contributed by atoms with E-state index >= 15 is 0 Å². The fraction of sp³-hybridized carbons (Fsp3) is 0.235. The molecule has 4 aromatic rings. The van der Waals surface area contributed by atoms with E-state index in [2.05, 4.69) is 0 Å². The Labute approximate surface area is 249 Å². The summed E-state index contributed by atoms with van der Waals surface area (Å²) in [5.74, 6) is -0.537. The van der Waals surface area contributed by atoms with Crippen molar-refractivity contribution in [1.82, 2.24) is 0 Å². The summed E-state index contributed by atoms with van der Waals surface area (Å²) in [4.78, 5) is 25.2. The Bertz CT molecular complexity index is 1600. The van der Waals surface area contributed by atoms with Gasteiger partial charge in [0, 0.05) is 10.9 Å². The minimum absolute atomic E-state index is 0.224. The molecule has 0 aromatic heterocycles. The van der Waals surface area contributed by atoms with Crippen LogP contribution in [0.15, 0.2) is 84.9 Å². The van der Waals surface area contributed by atoms with Gasteiger partial charge >= 0.3 is 21.4 Å². The molecular formula is C34H37O6P2+. The van der Waals surface area contributed by atoms with Gasteiger partial charge in [-0.05, 0) is 99.6 Å². The van der Waals surface area contributed by atoms with Crippen LogP contribution in [0.1, 0.15) is 61.0 Å². The van der Waals surface area contributed by atoms with Crippen molar-refractivity contribution in [2.24, 2.45) is 0 Å². The van der Waals surface area contributed by atoms with Gasteiger partial charge in [0.25, 0.3) is 5.52 Å². The first-order valence-corrected chi connectivity index (χ1v) is 16.4. The summed E-state index contributed by atoms with van der Waals surface area (Å²) in [6, 6.07) is 25.1. The highest BCUT2D eigenvalue weighted by Crippen LogP contribution is 2.49. The number of hydrogen-bond acceptors (Lipinski definition) is 6. The predicted molar refractivity (Wildman–Crippen MR) is 170 cm³/mol. The number of carbonyl (C=O) groups is 2. The molecule has 0 saturated heterocycles. The Kier molecular flexibility index (Phi) is 11.3. The third-order valence-corrected chi connectivity index (χ3v) is 9.99. The second kappa shape index (κ2) is 14.5. The molecule has 0 amide bonds. The molecule has 0 aliphatic carbocycles. The highest BCUT2D eigenvalue weighted by atomic mass is 31.2. The van der Waals surface area contributed by atoms with Gasteiger partial charge in [0.2, 0.25) is 5.30 Å². The number of carbonyl (C=O) groups excluding carboxylic acids is 2. The van der Waals surface area contributed by atoms with Gasteiger partial charge in [-0.2, -0.15) is 0 Å². The maximum absolute atomic E-state index is 13.3. The lowest BCUT2D eigenvalue weighted by atomic mass is 10.0. The molecular weight excluding hydrogens is 566 g/mol. The van der Waals surface area contributed by atoms with Gasteiger partial charge in [0.15, 0.2) is 0 Å². The molecule has 0 bridgehead atoms. The van der Waals surface area contributed by atoms with Crippen LogP contribution in [-0.2, 0) is 18.2 Å². The standard InChI is InChI=1S/C18H21O3P.C16H16O3P/c1-5-21-22(20,16-9-7-6-8-10-16)18(19)17-14(3)11-13(2)12-15(17)4;1-11-9-12(2)15(13(3)10-11)16(17)19-20(18)14-7-5-4-6-8-14/h6-12H,5H2,1-4H3;4-10H,1-3H3/q;+1. The van der Waals surface area contributed by atoms with Crippen molar-refractivity contribution < 1.29 is 27.8 Å². The molecule has 0 aliphatic heterocycles. The van der Waals surface area contributed by atoms with Crippen LogP contribution in [0, 0.1) is 41.5 Å². The maximum atomic E-state index is 13.3. The second-order valence-corrected chi connectivity index (χ2v) is 13.6. The molecule has 4 aromatic carbocycles. The zero-order valence-corrected chi connectivity index (χ0v) is 26.9. The number of aryl methyl sites for hydroxylation is 6. The summed E-state index contributed by atoms with van der Waals surface area (Å²) in [6.07, 6.45) is 0. The highest BCUT2D eigenvalue weighted by molar-refractivity contribution is 7.83. The van der Waals surface area contributed by atoms with E-state index in [1.165, 1.54) is 0 Å². The minimum Gasteiger partial charge on any atom is -0.320 e. The van der Waals surface area contributed by atoms with Crippen molar-refractivity contribution >= 4 is 37.5 Å². The molecule has 0 spiro atoms. The minimum atomic E-state index is -3.59. The molecule has 2 atom stereocenters. The van der Waals surface area contributed by atoms with E-state index < -0.39 is 26.9 Å². The SMILES string of the molecule is CCOP(=O)(C(=O)c1c(C)cc(C)cc1C)c1ccccc1.Cc1cc(C)c(C(=O)O[P+](=O)c2ccccc2)c(C)c1. The number of benzene rings is 4. The van der Waals surface area contributed by atoms with Gasteiger partial charge in [0.1, 0.15) is 0 Å². The molecule has 8 heteroatoms. The molecule has 4 rings (SSSR count). The summed E-state index contributed by atoms with van der Waals surface area (Å²) in [5.41, 5.74) is 6.09. The Morgan fingerprint density at radius 2 is 1.12 bits per heavy atom. The van der Waals surface area contributed by atoms with E-state index in [1.807, 2.05) is 77.9 Å². The molecule has 6 nitrogen and oxygen atoms in total. The van der Waals surface area contributed by atoms with Gasteiger partial charge in [-0.1, -0.05) is 71.8 Å². The third-order valence-electron chi connectivity index (χ3n) is 6.58. The zero-order valence-electron chi connectivity index (χ0n) is 25.1. The van der Waals surface area contributed by atoms with Crippen LogP contribution in [0.3, 0.4) is 0 Å². The van der Waals surface area contributed by atoms with Gasteiger partial charge in [0.05, 0.1) is 12.2 Å². The second-order valence-electron chi connectivity index (χ2n) is 10.1. The Morgan fingerprint density at radius 1 is 0.690 bits per heavy atom. The van der Waals surface area contributed by atoms with E-state index in [1.54, 1.807) is 55.5 Å². The smallest absolute Gasteiger partial charge is 0.320 e.